The molecule has 22 heavy (non-hydrogen) atoms. The Bertz CT molecular complexity index is 609. The zero-order chi connectivity index (χ0) is 15.8. The van der Waals surface area contributed by atoms with Gasteiger partial charge in [0.2, 0.25) is 0 Å². The van der Waals surface area contributed by atoms with Crippen LogP contribution in [-0.2, 0) is 11.2 Å². The number of hydroxylamine groups is 1. The maximum absolute atomic E-state index is 8.95. The molecule has 0 aromatic heterocycles. The SMILES string of the molecule is CCOC[CH]Cc1ccc(-c2ccccc2C(=N)NO)cc1. The van der Waals surface area contributed by atoms with Crippen LogP contribution in [0, 0.1) is 11.8 Å². The van der Waals surface area contributed by atoms with Crippen molar-refractivity contribution in [2.75, 3.05) is 13.2 Å². The van der Waals surface area contributed by atoms with Gasteiger partial charge in [0.05, 0.1) is 6.61 Å². The minimum atomic E-state index is -0.00951. The molecule has 0 saturated heterocycles. The molecule has 0 saturated carbocycles. The van der Waals surface area contributed by atoms with Crippen molar-refractivity contribution in [1.29, 1.82) is 5.41 Å². The molecule has 0 amide bonds. The van der Waals surface area contributed by atoms with E-state index in [1.165, 1.54) is 5.56 Å². The first-order valence-electron chi connectivity index (χ1n) is 7.33. The van der Waals surface area contributed by atoms with Gasteiger partial charge in [-0.3, -0.25) is 16.1 Å². The maximum atomic E-state index is 8.95. The number of ether oxygens (including phenoxy) is 1. The number of hydrogen-bond donors (Lipinski definition) is 3. The molecule has 0 atom stereocenters. The standard InChI is InChI=1S/C18H21N2O2/c1-2-22-13-5-6-14-9-11-15(12-10-14)16-7-3-4-8-17(16)18(19)20-21/h3-5,7-12,21H,2,6,13H2,1H3,(H2,19,20). The summed E-state index contributed by atoms with van der Waals surface area (Å²) >= 11 is 0. The van der Waals surface area contributed by atoms with Gasteiger partial charge in [0.25, 0.3) is 0 Å². The second-order valence-corrected chi connectivity index (χ2v) is 4.88. The Labute approximate surface area is 131 Å². The lowest BCUT2D eigenvalue weighted by Gasteiger charge is -2.10. The molecule has 0 aliphatic carbocycles. The number of rotatable bonds is 7. The topological polar surface area (TPSA) is 65.3 Å². The van der Waals surface area contributed by atoms with Crippen molar-refractivity contribution in [3.63, 3.8) is 0 Å². The number of nitrogens with one attached hydrogen (secondary N) is 2. The third-order valence-corrected chi connectivity index (χ3v) is 3.39. The van der Waals surface area contributed by atoms with E-state index >= 15 is 0 Å². The first-order valence-corrected chi connectivity index (χ1v) is 7.33. The molecule has 3 N–H and O–H groups in total. The van der Waals surface area contributed by atoms with Gasteiger partial charge in [-0.2, -0.15) is 0 Å². The van der Waals surface area contributed by atoms with E-state index in [0.29, 0.717) is 12.2 Å². The fourth-order valence-electron chi connectivity index (χ4n) is 2.26. The van der Waals surface area contributed by atoms with E-state index in [9.17, 15) is 0 Å². The van der Waals surface area contributed by atoms with Crippen molar-refractivity contribution in [1.82, 2.24) is 5.48 Å². The molecule has 0 unspecified atom stereocenters. The molecular formula is C18H21N2O2. The van der Waals surface area contributed by atoms with Crippen molar-refractivity contribution in [3.05, 3.63) is 66.1 Å². The Kier molecular flexibility index (Phi) is 6.13. The van der Waals surface area contributed by atoms with Gasteiger partial charge >= 0.3 is 0 Å². The normalized spacial score (nSPS) is 10.5. The predicted octanol–water partition coefficient (Wildman–Crippen LogP) is 3.44. The third kappa shape index (κ3) is 4.16. The Morgan fingerprint density at radius 2 is 1.91 bits per heavy atom. The van der Waals surface area contributed by atoms with Gasteiger partial charge < -0.3 is 4.74 Å². The summed E-state index contributed by atoms with van der Waals surface area (Å²) in [5.74, 6) is -0.00951. The van der Waals surface area contributed by atoms with Crippen LogP contribution < -0.4 is 5.48 Å². The fraction of sp³-hybridized carbons (Fsp3) is 0.222. The summed E-state index contributed by atoms with van der Waals surface area (Å²) in [7, 11) is 0. The maximum Gasteiger partial charge on any atom is 0.149 e. The van der Waals surface area contributed by atoms with Crippen LogP contribution in [0.5, 0.6) is 0 Å². The van der Waals surface area contributed by atoms with Crippen LogP contribution in [0.15, 0.2) is 48.5 Å². The van der Waals surface area contributed by atoms with Crippen LogP contribution in [0.25, 0.3) is 11.1 Å². The molecule has 0 aliphatic heterocycles. The monoisotopic (exact) mass is 297 g/mol. The van der Waals surface area contributed by atoms with Gasteiger partial charge in [-0.15, -0.1) is 0 Å². The molecule has 0 aliphatic rings. The predicted molar refractivity (Wildman–Crippen MR) is 88.1 cm³/mol. The summed E-state index contributed by atoms with van der Waals surface area (Å²) < 4.78 is 5.29. The highest BCUT2D eigenvalue weighted by Gasteiger charge is 2.08. The van der Waals surface area contributed by atoms with E-state index in [4.69, 9.17) is 15.4 Å². The zero-order valence-corrected chi connectivity index (χ0v) is 12.7. The van der Waals surface area contributed by atoms with Crippen molar-refractivity contribution in [2.24, 2.45) is 0 Å². The Morgan fingerprint density at radius 1 is 1.18 bits per heavy atom. The van der Waals surface area contributed by atoms with Gasteiger partial charge in [0.15, 0.2) is 0 Å². The molecule has 2 aromatic rings. The molecular weight excluding hydrogens is 276 g/mol. The molecule has 0 spiro atoms. The van der Waals surface area contributed by atoms with E-state index in [2.05, 4.69) is 18.6 Å². The van der Waals surface area contributed by atoms with Crippen molar-refractivity contribution >= 4 is 5.84 Å². The van der Waals surface area contributed by atoms with Gasteiger partial charge in [-0.1, -0.05) is 48.5 Å². The molecule has 4 nitrogen and oxygen atoms in total. The van der Waals surface area contributed by atoms with Crippen molar-refractivity contribution in [2.45, 2.75) is 13.3 Å². The lowest BCUT2D eigenvalue weighted by molar-refractivity contribution is 0.167. The average molecular weight is 297 g/mol. The fourth-order valence-corrected chi connectivity index (χ4v) is 2.26. The molecule has 0 heterocycles. The largest absolute Gasteiger partial charge is 0.381 e. The molecule has 1 radical (unpaired) electrons. The molecule has 0 bridgehead atoms. The van der Waals surface area contributed by atoms with E-state index in [1.807, 2.05) is 48.8 Å². The van der Waals surface area contributed by atoms with E-state index in [0.717, 1.165) is 24.2 Å². The number of hydrogen-bond acceptors (Lipinski definition) is 3. The lowest BCUT2D eigenvalue weighted by atomic mass is 9.97. The summed E-state index contributed by atoms with van der Waals surface area (Å²) in [6.07, 6.45) is 2.98. The number of benzene rings is 2. The van der Waals surface area contributed by atoms with Crippen LogP contribution >= 0.6 is 0 Å². The van der Waals surface area contributed by atoms with Crippen molar-refractivity contribution < 1.29 is 9.94 Å². The van der Waals surface area contributed by atoms with Crippen molar-refractivity contribution in [3.8, 4) is 11.1 Å². The second-order valence-electron chi connectivity index (χ2n) is 4.88. The summed E-state index contributed by atoms with van der Waals surface area (Å²) in [6, 6.07) is 15.7. The van der Waals surface area contributed by atoms with Crippen LogP contribution in [0.4, 0.5) is 0 Å². The zero-order valence-electron chi connectivity index (χ0n) is 12.7. The molecule has 2 rings (SSSR count). The van der Waals surface area contributed by atoms with E-state index in [-0.39, 0.29) is 5.84 Å². The first kappa shape index (κ1) is 16.2. The highest BCUT2D eigenvalue weighted by molar-refractivity contribution is 6.01. The van der Waals surface area contributed by atoms with E-state index < -0.39 is 0 Å². The smallest absolute Gasteiger partial charge is 0.149 e. The van der Waals surface area contributed by atoms with Gasteiger partial charge in [-0.05, 0) is 36.5 Å². The summed E-state index contributed by atoms with van der Waals surface area (Å²) in [6.45, 7) is 3.39. The van der Waals surface area contributed by atoms with Gasteiger partial charge in [0.1, 0.15) is 5.84 Å². The lowest BCUT2D eigenvalue weighted by Crippen LogP contribution is -2.19. The minimum absolute atomic E-state index is 0.00951. The highest BCUT2D eigenvalue weighted by Crippen LogP contribution is 2.24. The van der Waals surface area contributed by atoms with Crippen LogP contribution in [0.3, 0.4) is 0 Å². The highest BCUT2D eigenvalue weighted by atomic mass is 16.5. The average Bonchev–Trinajstić information content (AvgIpc) is 2.58. The summed E-state index contributed by atoms with van der Waals surface area (Å²) in [5, 5.41) is 16.7. The first-order chi connectivity index (χ1) is 10.8. The summed E-state index contributed by atoms with van der Waals surface area (Å²) in [5.41, 5.74) is 5.73. The molecule has 0 fully saturated rings. The van der Waals surface area contributed by atoms with Crippen LogP contribution in [-0.4, -0.2) is 24.3 Å². The Morgan fingerprint density at radius 3 is 2.59 bits per heavy atom. The quantitative estimate of drug-likeness (QED) is 0.317. The summed E-state index contributed by atoms with van der Waals surface area (Å²) in [4.78, 5) is 0. The van der Waals surface area contributed by atoms with E-state index in [1.54, 1.807) is 0 Å². The second kappa shape index (κ2) is 8.32. The number of amidine groups is 1. The molecule has 4 heteroatoms. The van der Waals surface area contributed by atoms with Crippen LogP contribution in [0.1, 0.15) is 18.1 Å². The third-order valence-electron chi connectivity index (χ3n) is 3.39. The van der Waals surface area contributed by atoms with Gasteiger partial charge in [0, 0.05) is 12.2 Å². The Balaban J connectivity index is 2.12. The van der Waals surface area contributed by atoms with Gasteiger partial charge in [-0.25, -0.2) is 0 Å². The minimum Gasteiger partial charge on any atom is -0.381 e. The Hall–Kier alpha value is -2.17. The molecule has 115 valence electrons. The molecule has 2 aromatic carbocycles. The van der Waals surface area contributed by atoms with Crippen LogP contribution in [0.2, 0.25) is 0 Å².